The number of hydrogen-bond donors (Lipinski definition) is 2. The van der Waals surface area contributed by atoms with Crippen molar-refractivity contribution in [2.45, 2.75) is 13.5 Å². The molecule has 0 spiro atoms. The van der Waals surface area contributed by atoms with E-state index >= 15 is 0 Å². The van der Waals surface area contributed by atoms with Crippen LogP contribution in [0.15, 0.2) is 54.7 Å². The van der Waals surface area contributed by atoms with E-state index in [0.29, 0.717) is 16.1 Å². The number of aromatic nitrogens is 2. The lowest BCUT2D eigenvalue weighted by atomic mass is 10.1. The summed E-state index contributed by atoms with van der Waals surface area (Å²) in [4.78, 5) is 22.0. The third-order valence-corrected chi connectivity index (χ3v) is 4.27. The zero-order chi connectivity index (χ0) is 18.7. The lowest BCUT2D eigenvalue weighted by Gasteiger charge is -2.07. The Labute approximate surface area is 155 Å². The van der Waals surface area contributed by atoms with E-state index in [-0.39, 0.29) is 12.3 Å². The van der Waals surface area contributed by atoms with E-state index < -0.39 is 6.09 Å². The van der Waals surface area contributed by atoms with Gasteiger partial charge < -0.3 is 10.4 Å². The Kier molecular flexibility index (Phi) is 5.04. The summed E-state index contributed by atoms with van der Waals surface area (Å²) >= 11 is 6.12. The summed E-state index contributed by atoms with van der Waals surface area (Å²) < 4.78 is 1.71. The second-order valence-electron chi connectivity index (χ2n) is 5.71. The summed E-state index contributed by atoms with van der Waals surface area (Å²) in [5, 5.41) is 16.1. The van der Waals surface area contributed by atoms with Crippen LogP contribution in [0, 0.1) is 0 Å². The number of ketones is 1. The zero-order valence-electron chi connectivity index (χ0n) is 13.9. The van der Waals surface area contributed by atoms with Gasteiger partial charge in [-0.05, 0) is 55.0 Å². The maximum Gasteiger partial charge on any atom is 0.404 e. The average molecular weight is 370 g/mol. The van der Waals surface area contributed by atoms with Crippen molar-refractivity contribution in [3.05, 3.63) is 70.9 Å². The van der Waals surface area contributed by atoms with Crippen LogP contribution in [0.4, 0.5) is 4.79 Å². The minimum Gasteiger partial charge on any atom is -0.465 e. The van der Waals surface area contributed by atoms with Gasteiger partial charge in [0.25, 0.3) is 0 Å². The molecule has 6 nitrogen and oxygen atoms in total. The van der Waals surface area contributed by atoms with Crippen LogP contribution in [-0.2, 0) is 6.54 Å². The predicted octanol–water partition coefficient (Wildman–Crippen LogP) is 4.16. The van der Waals surface area contributed by atoms with Crippen molar-refractivity contribution in [3.63, 3.8) is 0 Å². The van der Waals surface area contributed by atoms with Gasteiger partial charge in [0.1, 0.15) is 0 Å². The maximum atomic E-state index is 11.4. The van der Waals surface area contributed by atoms with Gasteiger partial charge in [-0.3, -0.25) is 4.79 Å². The molecule has 1 amide bonds. The number of carboxylic acid groups (broad SMARTS) is 1. The van der Waals surface area contributed by atoms with Crippen molar-refractivity contribution < 1.29 is 14.7 Å². The van der Waals surface area contributed by atoms with Gasteiger partial charge in [-0.1, -0.05) is 17.7 Å². The van der Waals surface area contributed by atoms with Gasteiger partial charge in [0.2, 0.25) is 0 Å². The van der Waals surface area contributed by atoms with Gasteiger partial charge in [-0.15, -0.1) is 0 Å². The van der Waals surface area contributed by atoms with Gasteiger partial charge >= 0.3 is 6.09 Å². The van der Waals surface area contributed by atoms with E-state index in [9.17, 15) is 9.59 Å². The van der Waals surface area contributed by atoms with E-state index in [1.807, 2.05) is 36.5 Å². The number of benzene rings is 2. The first-order chi connectivity index (χ1) is 12.4. The molecule has 0 saturated heterocycles. The molecule has 1 heterocycles. The van der Waals surface area contributed by atoms with Crippen molar-refractivity contribution >= 4 is 23.5 Å². The highest BCUT2D eigenvalue weighted by atomic mass is 35.5. The molecule has 3 aromatic rings. The van der Waals surface area contributed by atoms with Crippen LogP contribution in [0.25, 0.3) is 16.9 Å². The molecular weight excluding hydrogens is 354 g/mol. The molecule has 0 aliphatic carbocycles. The first-order valence-electron chi connectivity index (χ1n) is 7.86. The number of amides is 1. The SMILES string of the molecule is CC(=O)c1ccc(-n2ccc(-c3ccc(Cl)c(CNC(=O)O)c3)n2)cc1. The standard InChI is InChI=1S/C19H16ClN3O3/c1-12(24)13-2-5-16(6-3-13)23-9-8-18(22-23)14-4-7-17(20)15(10-14)11-21-19(25)26/h2-10,21H,11H2,1H3,(H,25,26). The van der Waals surface area contributed by atoms with E-state index in [1.54, 1.807) is 22.9 Å². The summed E-state index contributed by atoms with van der Waals surface area (Å²) in [5.41, 5.74) is 3.72. The van der Waals surface area contributed by atoms with E-state index in [4.69, 9.17) is 16.7 Å². The monoisotopic (exact) mass is 369 g/mol. The van der Waals surface area contributed by atoms with Crippen molar-refractivity contribution in [2.75, 3.05) is 0 Å². The van der Waals surface area contributed by atoms with Gasteiger partial charge in [-0.25, -0.2) is 9.48 Å². The molecule has 1 aromatic heterocycles. The fourth-order valence-electron chi connectivity index (χ4n) is 2.51. The van der Waals surface area contributed by atoms with Crippen molar-refractivity contribution in [1.29, 1.82) is 0 Å². The predicted molar refractivity (Wildman–Crippen MR) is 98.9 cm³/mol. The Morgan fingerprint density at radius 3 is 2.54 bits per heavy atom. The molecule has 3 rings (SSSR count). The molecule has 132 valence electrons. The molecule has 0 radical (unpaired) electrons. The second kappa shape index (κ2) is 7.41. The van der Waals surface area contributed by atoms with Crippen LogP contribution in [0.3, 0.4) is 0 Å². The molecule has 2 aromatic carbocycles. The molecule has 7 heteroatoms. The number of carbonyl (C=O) groups excluding carboxylic acids is 1. The van der Waals surface area contributed by atoms with Gasteiger partial charge in [0, 0.05) is 28.9 Å². The van der Waals surface area contributed by atoms with Crippen molar-refractivity contribution in [2.24, 2.45) is 0 Å². The highest BCUT2D eigenvalue weighted by Gasteiger charge is 2.09. The minimum atomic E-state index is -1.11. The Morgan fingerprint density at radius 2 is 1.88 bits per heavy atom. The molecule has 0 atom stereocenters. The molecule has 2 N–H and O–H groups in total. The zero-order valence-corrected chi connectivity index (χ0v) is 14.7. The van der Waals surface area contributed by atoms with E-state index in [2.05, 4.69) is 10.4 Å². The molecule has 0 saturated carbocycles. The largest absolute Gasteiger partial charge is 0.465 e. The first kappa shape index (κ1) is 17.7. The number of halogens is 1. The highest BCUT2D eigenvalue weighted by Crippen LogP contribution is 2.25. The lowest BCUT2D eigenvalue weighted by Crippen LogP contribution is -2.20. The number of Topliss-reactive ketones (excluding diaryl/α,β-unsaturated/α-hetero) is 1. The Bertz CT molecular complexity index is 964. The smallest absolute Gasteiger partial charge is 0.404 e. The number of rotatable bonds is 5. The molecule has 0 unspecified atom stereocenters. The third kappa shape index (κ3) is 3.92. The number of nitrogens with one attached hydrogen (secondary N) is 1. The summed E-state index contributed by atoms with van der Waals surface area (Å²) in [6, 6.07) is 14.4. The number of nitrogens with zero attached hydrogens (tertiary/aromatic N) is 2. The van der Waals surface area contributed by atoms with Crippen LogP contribution < -0.4 is 5.32 Å². The molecular formula is C19H16ClN3O3. The van der Waals surface area contributed by atoms with E-state index in [1.165, 1.54) is 6.92 Å². The van der Waals surface area contributed by atoms with Crippen LogP contribution in [0.1, 0.15) is 22.8 Å². The second-order valence-corrected chi connectivity index (χ2v) is 6.12. The maximum absolute atomic E-state index is 11.4. The van der Waals surface area contributed by atoms with Crippen molar-refractivity contribution in [1.82, 2.24) is 15.1 Å². The van der Waals surface area contributed by atoms with Gasteiger partial charge in [-0.2, -0.15) is 5.10 Å². The Balaban J connectivity index is 1.86. The summed E-state index contributed by atoms with van der Waals surface area (Å²) in [6.07, 6.45) is 0.715. The summed E-state index contributed by atoms with van der Waals surface area (Å²) in [5.74, 6) is 0.0152. The average Bonchev–Trinajstić information content (AvgIpc) is 3.11. The normalized spacial score (nSPS) is 10.5. The number of hydrogen-bond acceptors (Lipinski definition) is 3. The van der Waals surface area contributed by atoms with Gasteiger partial charge in [0.15, 0.2) is 5.78 Å². The molecule has 0 fully saturated rings. The molecule has 26 heavy (non-hydrogen) atoms. The molecule has 0 bridgehead atoms. The molecule has 0 aliphatic heterocycles. The summed E-state index contributed by atoms with van der Waals surface area (Å²) in [6.45, 7) is 1.65. The number of carbonyl (C=O) groups is 2. The Hall–Kier alpha value is -3.12. The van der Waals surface area contributed by atoms with E-state index in [0.717, 1.165) is 16.9 Å². The topological polar surface area (TPSA) is 84.2 Å². The molecule has 0 aliphatic rings. The lowest BCUT2D eigenvalue weighted by molar-refractivity contribution is 0.101. The van der Waals surface area contributed by atoms with Crippen LogP contribution in [0.2, 0.25) is 5.02 Å². The minimum absolute atomic E-state index is 0.0152. The van der Waals surface area contributed by atoms with Gasteiger partial charge in [0.05, 0.1) is 11.4 Å². The van der Waals surface area contributed by atoms with Crippen LogP contribution >= 0.6 is 11.6 Å². The quantitative estimate of drug-likeness (QED) is 0.661. The fraction of sp³-hybridized carbons (Fsp3) is 0.105. The Morgan fingerprint density at radius 1 is 1.15 bits per heavy atom. The summed E-state index contributed by atoms with van der Waals surface area (Å²) in [7, 11) is 0. The van der Waals surface area contributed by atoms with Crippen LogP contribution in [0.5, 0.6) is 0 Å². The van der Waals surface area contributed by atoms with Crippen LogP contribution in [-0.4, -0.2) is 26.8 Å². The highest BCUT2D eigenvalue weighted by molar-refractivity contribution is 6.31. The van der Waals surface area contributed by atoms with Crippen molar-refractivity contribution in [3.8, 4) is 16.9 Å². The fourth-order valence-corrected chi connectivity index (χ4v) is 2.70. The third-order valence-electron chi connectivity index (χ3n) is 3.90. The first-order valence-corrected chi connectivity index (χ1v) is 8.24.